The van der Waals surface area contributed by atoms with Gasteiger partial charge >= 0.3 is 0 Å². The van der Waals surface area contributed by atoms with Crippen LogP contribution in [0.5, 0.6) is 5.75 Å². The van der Waals surface area contributed by atoms with Crippen molar-refractivity contribution >= 4 is 17.4 Å². The Bertz CT molecular complexity index is 787. The molecule has 140 valence electrons. The fourth-order valence-electron chi connectivity index (χ4n) is 2.11. The zero-order valence-corrected chi connectivity index (χ0v) is 15.5. The maximum Gasteiger partial charge on any atom is 0.274 e. The Morgan fingerprint density at radius 2 is 1.77 bits per heavy atom. The van der Waals surface area contributed by atoms with Gasteiger partial charge in [0.25, 0.3) is 5.91 Å². The first kappa shape index (κ1) is 19.6. The van der Waals surface area contributed by atoms with Gasteiger partial charge in [-0.3, -0.25) is 4.79 Å². The zero-order chi connectivity index (χ0) is 19.5. The molecule has 0 aliphatic carbocycles. The van der Waals surface area contributed by atoms with Crippen molar-refractivity contribution in [3.63, 3.8) is 0 Å². The Morgan fingerprint density at radius 1 is 1.15 bits per heavy atom. The lowest BCUT2D eigenvalue weighted by molar-refractivity contribution is 0.0882. The minimum Gasteiger partial charge on any atom is -0.494 e. The second-order valence-corrected chi connectivity index (χ2v) is 6.86. The number of benzene rings is 1. The van der Waals surface area contributed by atoms with E-state index in [0.717, 1.165) is 18.2 Å². The normalized spacial score (nSPS) is 11.4. The topological polar surface area (TPSA) is 63.2 Å². The van der Waals surface area contributed by atoms with Gasteiger partial charge in [-0.15, -0.1) is 0 Å². The molecule has 0 atom stereocenters. The molecule has 2 N–H and O–H groups in total. The van der Waals surface area contributed by atoms with Gasteiger partial charge in [-0.1, -0.05) is 13.8 Å². The highest BCUT2D eigenvalue weighted by molar-refractivity contribution is 5.96. The van der Waals surface area contributed by atoms with Crippen molar-refractivity contribution in [1.29, 1.82) is 0 Å². The van der Waals surface area contributed by atoms with Crippen molar-refractivity contribution in [2.24, 2.45) is 5.92 Å². The first-order chi connectivity index (χ1) is 12.1. The summed E-state index contributed by atoms with van der Waals surface area (Å²) in [5, 5.41) is 5.72. The molecular formula is C19H23F2N3O2. The highest BCUT2D eigenvalue weighted by Crippen LogP contribution is 2.24. The van der Waals surface area contributed by atoms with Crippen LogP contribution in [0.25, 0.3) is 0 Å². The van der Waals surface area contributed by atoms with Crippen molar-refractivity contribution in [1.82, 2.24) is 10.3 Å². The third-order valence-corrected chi connectivity index (χ3v) is 4.31. The first-order valence-electron chi connectivity index (χ1n) is 8.23. The van der Waals surface area contributed by atoms with Gasteiger partial charge in [0, 0.05) is 17.3 Å². The molecule has 1 aromatic heterocycles. The number of carbonyl (C=O) groups is 1. The summed E-state index contributed by atoms with van der Waals surface area (Å²) in [7, 11) is 1.44. The average Bonchev–Trinajstić information content (AvgIpc) is 2.53. The minimum absolute atomic E-state index is 0.0862. The summed E-state index contributed by atoms with van der Waals surface area (Å²) in [5.41, 5.74) is -0.170. The maximum atomic E-state index is 13.3. The molecule has 26 heavy (non-hydrogen) atoms. The van der Waals surface area contributed by atoms with Crippen LogP contribution < -0.4 is 15.4 Å². The Morgan fingerprint density at radius 3 is 2.31 bits per heavy atom. The van der Waals surface area contributed by atoms with E-state index >= 15 is 0 Å². The van der Waals surface area contributed by atoms with E-state index in [4.69, 9.17) is 4.74 Å². The Kier molecular flexibility index (Phi) is 5.79. The van der Waals surface area contributed by atoms with Gasteiger partial charge in [0.15, 0.2) is 5.69 Å². The molecule has 0 radical (unpaired) electrons. The van der Waals surface area contributed by atoms with Crippen LogP contribution in [0.1, 0.15) is 38.2 Å². The summed E-state index contributed by atoms with van der Waals surface area (Å²) in [6.07, 6.45) is 0. The van der Waals surface area contributed by atoms with E-state index in [1.165, 1.54) is 7.11 Å². The van der Waals surface area contributed by atoms with Crippen LogP contribution in [0.3, 0.4) is 0 Å². The molecule has 0 saturated heterocycles. The van der Waals surface area contributed by atoms with Gasteiger partial charge in [0.05, 0.1) is 7.11 Å². The smallest absolute Gasteiger partial charge is 0.274 e. The SMILES string of the molecule is COc1ccc(Nc2cc(F)cc(F)c2)nc1C(=O)NC(C)(C)C(C)C. The molecule has 5 nitrogen and oxygen atoms in total. The standard InChI is InChI=1S/C19H23F2N3O2/c1-11(2)19(3,4)24-18(25)17-15(26-5)6-7-16(23-17)22-14-9-12(20)8-13(21)10-14/h6-11H,1-5H3,(H,22,23)(H,24,25). The number of pyridine rings is 1. The number of hydrogen-bond acceptors (Lipinski definition) is 4. The first-order valence-corrected chi connectivity index (χ1v) is 8.23. The lowest BCUT2D eigenvalue weighted by atomic mass is 9.90. The molecule has 1 aromatic carbocycles. The van der Waals surface area contributed by atoms with Crippen molar-refractivity contribution in [2.45, 2.75) is 33.2 Å². The molecule has 2 aromatic rings. The van der Waals surface area contributed by atoms with E-state index in [9.17, 15) is 13.6 Å². The van der Waals surface area contributed by atoms with Crippen LogP contribution in [0.2, 0.25) is 0 Å². The summed E-state index contributed by atoms with van der Waals surface area (Å²) < 4.78 is 31.9. The third-order valence-electron chi connectivity index (χ3n) is 4.31. The molecule has 1 amide bonds. The summed E-state index contributed by atoms with van der Waals surface area (Å²) in [4.78, 5) is 16.9. The second kappa shape index (κ2) is 7.68. The number of nitrogens with one attached hydrogen (secondary N) is 2. The number of amides is 1. The van der Waals surface area contributed by atoms with Gasteiger partial charge in [-0.25, -0.2) is 13.8 Å². The van der Waals surface area contributed by atoms with Crippen molar-refractivity contribution in [3.05, 3.63) is 47.7 Å². The monoisotopic (exact) mass is 363 g/mol. The molecule has 7 heteroatoms. The number of anilines is 2. The van der Waals surface area contributed by atoms with E-state index in [-0.39, 0.29) is 23.1 Å². The van der Waals surface area contributed by atoms with Crippen molar-refractivity contribution in [3.8, 4) is 5.75 Å². The Hall–Kier alpha value is -2.70. The molecule has 0 aliphatic rings. The fraction of sp³-hybridized carbons (Fsp3) is 0.368. The molecule has 0 unspecified atom stereocenters. The molecule has 0 saturated carbocycles. The highest BCUT2D eigenvalue weighted by atomic mass is 19.1. The summed E-state index contributed by atoms with van der Waals surface area (Å²) in [6, 6.07) is 6.18. The number of ether oxygens (including phenoxy) is 1. The van der Waals surface area contributed by atoms with Crippen LogP contribution in [0.4, 0.5) is 20.3 Å². The Balaban J connectivity index is 2.31. The number of aromatic nitrogens is 1. The van der Waals surface area contributed by atoms with Gasteiger partial charge in [-0.05, 0) is 44.0 Å². The molecule has 1 heterocycles. The number of nitrogens with zero attached hydrogens (tertiary/aromatic N) is 1. The minimum atomic E-state index is -0.710. The van der Waals surface area contributed by atoms with Crippen molar-refractivity contribution in [2.75, 3.05) is 12.4 Å². The summed E-state index contributed by atoms with van der Waals surface area (Å²) >= 11 is 0. The quantitative estimate of drug-likeness (QED) is 0.804. The summed E-state index contributed by atoms with van der Waals surface area (Å²) in [6.45, 7) is 7.84. The van der Waals surface area contributed by atoms with E-state index in [0.29, 0.717) is 5.75 Å². The van der Waals surface area contributed by atoms with Crippen LogP contribution >= 0.6 is 0 Å². The molecule has 0 spiro atoms. The number of hydrogen-bond donors (Lipinski definition) is 2. The Labute approximate surface area is 151 Å². The number of carbonyl (C=O) groups excluding carboxylic acids is 1. The fourth-order valence-corrected chi connectivity index (χ4v) is 2.11. The number of rotatable bonds is 6. The average molecular weight is 363 g/mol. The number of halogens is 2. The van der Waals surface area contributed by atoms with Gasteiger partial charge in [0.1, 0.15) is 23.2 Å². The summed E-state index contributed by atoms with van der Waals surface area (Å²) in [5.74, 6) is -1.04. The molecule has 0 bridgehead atoms. The van der Waals surface area contributed by atoms with Crippen LogP contribution in [-0.2, 0) is 0 Å². The molecular weight excluding hydrogens is 340 g/mol. The lowest BCUT2D eigenvalue weighted by Gasteiger charge is -2.30. The van der Waals surface area contributed by atoms with Crippen molar-refractivity contribution < 1.29 is 18.3 Å². The lowest BCUT2D eigenvalue weighted by Crippen LogP contribution is -2.47. The molecule has 0 aliphatic heterocycles. The maximum absolute atomic E-state index is 13.3. The van der Waals surface area contributed by atoms with E-state index in [2.05, 4.69) is 15.6 Å². The van der Waals surface area contributed by atoms with Gasteiger partial charge < -0.3 is 15.4 Å². The van der Waals surface area contributed by atoms with E-state index in [1.54, 1.807) is 12.1 Å². The van der Waals surface area contributed by atoms with Crippen LogP contribution in [0, 0.1) is 17.6 Å². The molecule has 2 rings (SSSR count). The predicted molar refractivity (Wildman–Crippen MR) is 96.8 cm³/mol. The van der Waals surface area contributed by atoms with E-state index in [1.807, 2.05) is 27.7 Å². The molecule has 0 fully saturated rings. The zero-order valence-electron chi connectivity index (χ0n) is 15.5. The van der Waals surface area contributed by atoms with Crippen LogP contribution in [-0.4, -0.2) is 23.5 Å². The second-order valence-electron chi connectivity index (χ2n) is 6.86. The largest absolute Gasteiger partial charge is 0.494 e. The van der Waals surface area contributed by atoms with E-state index < -0.39 is 23.1 Å². The third kappa shape index (κ3) is 4.68. The predicted octanol–water partition coefficient (Wildman–Crippen LogP) is 4.28. The highest BCUT2D eigenvalue weighted by Gasteiger charge is 2.27. The number of methoxy groups -OCH3 is 1. The van der Waals surface area contributed by atoms with Gasteiger partial charge in [0.2, 0.25) is 0 Å². The van der Waals surface area contributed by atoms with Crippen LogP contribution in [0.15, 0.2) is 30.3 Å². The van der Waals surface area contributed by atoms with Gasteiger partial charge in [-0.2, -0.15) is 0 Å².